The first-order chi connectivity index (χ1) is 7.27. The zero-order valence-electron chi connectivity index (χ0n) is 10.2. The van der Waals surface area contributed by atoms with Gasteiger partial charge in [-0.2, -0.15) is 0 Å². The minimum atomic E-state index is 0.808. The van der Waals surface area contributed by atoms with Crippen LogP contribution in [0.4, 0.5) is 0 Å². The van der Waals surface area contributed by atoms with Crippen molar-refractivity contribution in [1.29, 1.82) is 0 Å². The molecule has 2 fully saturated rings. The maximum absolute atomic E-state index is 3.40. The van der Waals surface area contributed by atoms with Gasteiger partial charge in [0.2, 0.25) is 0 Å². The van der Waals surface area contributed by atoms with Gasteiger partial charge in [0.05, 0.1) is 0 Å². The molecule has 3 heteroatoms. The van der Waals surface area contributed by atoms with Crippen molar-refractivity contribution in [1.82, 2.24) is 15.1 Å². The van der Waals surface area contributed by atoms with Crippen LogP contribution in [0.1, 0.15) is 26.7 Å². The summed E-state index contributed by atoms with van der Waals surface area (Å²) in [6, 6.07) is 1.62. The lowest BCUT2D eigenvalue weighted by Crippen LogP contribution is -2.47. The van der Waals surface area contributed by atoms with Crippen LogP contribution in [0.5, 0.6) is 0 Å². The van der Waals surface area contributed by atoms with E-state index in [2.05, 4.69) is 29.0 Å². The van der Waals surface area contributed by atoms with E-state index in [9.17, 15) is 0 Å². The van der Waals surface area contributed by atoms with E-state index < -0.39 is 0 Å². The van der Waals surface area contributed by atoms with Crippen LogP contribution in [0.25, 0.3) is 0 Å². The van der Waals surface area contributed by atoms with Crippen molar-refractivity contribution in [2.24, 2.45) is 0 Å². The Morgan fingerprint density at radius 1 is 1.00 bits per heavy atom. The van der Waals surface area contributed by atoms with Gasteiger partial charge in [-0.25, -0.2) is 0 Å². The highest BCUT2D eigenvalue weighted by atomic mass is 15.3. The third kappa shape index (κ3) is 2.92. The molecule has 0 saturated carbocycles. The van der Waals surface area contributed by atoms with Gasteiger partial charge in [0.1, 0.15) is 0 Å². The van der Waals surface area contributed by atoms with Gasteiger partial charge in [-0.3, -0.25) is 9.80 Å². The SMILES string of the molecule is C[C@@H]1CC[C@@H](C)N1CCN1CCNCC1. The molecule has 2 rings (SSSR count). The summed E-state index contributed by atoms with van der Waals surface area (Å²) in [5.41, 5.74) is 0. The molecule has 0 spiro atoms. The number of hydrogen-bond acceptors (Lipinski definition) is 3. The van der Waals surface area contributed by atoms with Crippen LogP contribution >= 0.6 is 0 Å². The van der Waals surface area contributed by atoms with Gasteiger partial charge in [-0.15, -0.1) is 0 Å². The number of nitrogens with zero attached hydrogens (tertiary/aromatic N) is 2. The van der Waals surface area contributed by atoms with Gasteiger partial charge in [-0.05, 0) is 26.7 Å². The first kappa shape index (κ1) is 11.4. The second-order valence-electron chi connectivity index (χ2n) is 5.10. The van der Waals surface area contributed by atoms with E-state index in [1.165, 1.54) is 52.1 Å². The molecule has 0 aromatic rings. The highest BCUT2D eigenvalue weighted by Crippen LogP contribution is 2.22. The first-order valence-electron chi connectivity index (χ1n) is 6.46. The summed E-state index contributed by atoms with van der Waals surface area (Å²) in [7, 11) is 0. The van der Waals surface area contributed by atoms with Crippen molar-refractivity contribution in [3.8, 4) is 0 Å². The molecular weight excluding hydrogens is 186 g/mol. The molecule has 2 heterocycles. The van der Waals surface area contributed by atoms with Crippen molar-refractivity contribution >= 4 is 0 Å². The Morgan fingerprint density at radius 3 is 2.20 bits per heavy atom. The Hall–Kier alpha value is -0.120. The second-order valence-corrected chi connectivity index (χ2v) is 5.10. The third-order valence-electron chi connectivity index (χ3n) is 4.02. The summed E-state index contributed by atoms with van der Waals surface area (Å²) in [4.78, 5) is 5.27. The highest BCUT2D eigenvalue weighted by Gasteiger charge is 2.27. The number of nitrogens with one attached hydrogen (secondary N) is 1. The van der Waals surface area contributed by atoms with E-state index in [0.717, 1.165) is 12.1 Å². The predicted molar refractivity (Wildman–Crippen MR) is 64.2 cm³/mol. The van der Waals surface area contributed by atoms with E-state index >= 15 is 0 Å². The van der Waals surface area contributed by atoms with Gasteiger partial charge in [-0.1, -0.05) is 0 Å². The van der Waals surface area contributed by atoms with Crippen LogP contribution in [0.3, 0.4) is 0 Å². The topological polar surface area (TPSA) is 18.5 Å². The zero-order chi connectivity index (χ0) is 10.7. The Kier molecular flexibility index (Phi) is 4.00. The van der Waals surface area contributed by atoms with E-state index in [-0.39, 0.29) is 0 Å². The lowest BCUT2D eigenvalue weighted by atomic mass is 10.2. The Bertz CT molecular complexity index is 179. The molecule has 3 nitrogen and oxygen atoms in total. The van der Waals surface area contributed by atoms with E-state index in [0.29, 0.717) is 0 Å². The monoisotopic (exact) mass is 211 g/mol. The van der Waals surface area contributed by atoms with Crippen LogP contribution in [-0.2, 0) is 0 Å². The quantitative estimate of drug-likeness (QED) is 0.744. The number of piperazine rings is 1. The van der Waals surface area contributed by atoms with Crippen molar-refractivity contribution < 1.29 is 0 Å². The Morgan fingerprint density at radius 2 is 1.60 bits per heavy atom. The minimum absolute atomic E-state index is 0.808. The third-order valence-corrected chi connectivity index (χ3v) is 4.02. The molecule has 0 amide bonds. The Labute approximate surface area is 93.8 Å². The fourth-order valence-corrected chi connectivity index (χ4v) is 2.88. The van der Waals surface area contributed by atoms with Gasteiger partial charge >= 0.3 is 0 Å². The van der Waals surface area contributed by atoms with E-state index in [1.807, 2.05) is 0 Å². The molecule has 0 radical (unpaired) electrons. The van der Waals surface area contributed by atoms with Crippen LogP contribution in [-0.4, -0.2) is 61.2 Å². The molecule has 2 aliphatic heterocycles. The normalized spacial score (nSPS) is 34.8. The van der Waals surface area contributed by atoms with E-state index in [1.54, 1.807) is 0 Å². The standard InChI is InChI=1S/C12H25N3/c1-11-3-4-12(2)15(11)10-9-14-7-5-13-6-8-14/h11-13H,3-10H2,1-2H3/t11-,12-/m1/s1. The molecule has 0 unspecified atom stereocenters. The summed E-state index contributed by atoms with van der Waals surface area (Å²) in [5.74, 6) is 0. The highest BCUT2D eigenvalue weighted by molar-refractivity contribution is 4.83. The van der Waals surface area contributed by atoms with Gasteiger partial charge in [0, 0.05) is 51.4 Å². The summed E-state index contributed by atoms with van der Waals surface area (Å²) in [6.07, 6.45) is 2.78. The average molecular weight is 211 g/mol. The largest absolute Gasteiger partial charge is 0.314 e. The van der Waals surface area contributed by atoms with Crippen LogP contribution in [0, 0.1) is 0 Å². The number of hydrogen-bond donors (Lipinski definition) is 1. The minimum Gasteiger partial charge on any atom is -0.314 e. The van der Waals surface area contributed by atoms with Gasteiger partial charge in [0.25, 0.3) is 0 Å². The molecule has 1 N–H and O–H groups in total. The maximum Gasteiger partial charge on any atom is 0.0115 e. The molecule has 2 aliphatic rings. The lowest BCUT2D eigenvalue weighted by molar-refractivity contribution is 0.160. The molecule has 0 aromatic heterocycles. The van der Waals surface area contributed by atoms with Crippen molar-refractivity contribution in [3.63, 3.8) is 0 Å². The molecule has 2 saturated heterocycles. The second kappa shape index (κ2) is 5.28. The molecule has 88 valence electrons. The Balaban J connectivity index is 1.71. The van der Waals surface area contributed by atoms with Crippen LogP contribution < -0.4 is 5.32 Å². The number of likely N-dealkylation sites (tertiary alicyclic amines) is 1. The number of rotatable bonds is 3. The van der Waals surface area contributed by atoms with Crippen LogP contribution in [0.15, 0.2) is 0 Å². The molecule has 0 aromatic carbocycles. The first-order valence-corrected chi connectivity index (χ1v) is 6.46. The molecule has 15 heavy (non-hydrogen) atoms. The summed E-state index contributed by atoms with van der Waals surface area (Å²) in [6.45, 7) is 12.1. The zero-order valence-corrected chi connectivity index (χ0v) is 10.2. The fraction of sp³-hybridized carbons (Fsp3) is 1.00. The van der Waals surface area contributed by atoms with Crippen molar-refractivity contribution in [2.75, 3.05) is 39.3 Å². The maximum atomic E-state index is 3.40. The molecule has 0 bridgehead atoms. The molecular formula is C12H25N3. The lowest BCUT2D eigenvalue weighted by Gasteiger charge is -2.32. The predicted octanol–water partition coefficient (Wildman–Crippen LogP) is 0.764. The average Bonchev–Trinajstić information content (AvgIpc) is 2.58. The molecule has 0 aliphatic carbocycles. The summed E-state index contributed by atoms with van der Waals surface area (Å²) < 4.78 is 0. The van der Waals surface area contributed by atoms with Crippen molar-refractivity contribution in [3.05, 3.63) is 0 Å². The van der Waals surface area contributed by atoms with Gasteiger partial charge in [0.15, 0.2) is 0 Å². The summed E-state index contributed by atoms with van der Waals surface area (Å²) in [5, 5.41) is 3.40. The summed E-state index contributed by atoms with van der Waals surface area (Å²) >= 11 is 0. The van der Waals surface area contributed by atoms with Crippen molar-refractivity contribution in [2.45, 2.75) is 38.8 Å². The molecule has 2 atom stereocenters. The van der Waals surface area contributed by atoms with Gasteiger partial charge < -0.3 is 5.32 Å². The fourth-order valence-electron chi connectivity index (χ4n) is 2.88. The van der Waals surface area contributed by atoms with Crippen LogP contribution in [0.2, 0.25) is 0 Å². The van der Waals surface area contributed by atoms with E-state index in [4.69, 9.17) is 0 Å². The smallest absolute Gasteiger partial charge is 0.0115 e.